The first-order chi connectivity index (χ1) is 11.1. The van der Waals surface area contributed by atoms with Gasteiger partial charge in [0.1, 0.15) is 0 Å². The Morgan fingerprint density at radius 1 is 1.13 bits per heavy atom. The Morgan fingerprint density at radius 3 is 2.61 bits per heavy atom. The molecule has 1 aliphatic rings. The van der Waals surface area contributed by atoms with Crippen molar-refractivity contribution in [1.82, 2.24) is 0 Å². The summed E-state index contributed by atoms with van der Waals surface area (Å²) in [5, 5.41) is 0. The van der Waals surface area contributed by atoms with Gasteiger partial charge in [0.2, 0.25) is 5.78 Å². The lowest BCUT2D eigenvalue weighted by Gasteiger charge is -2.08. The highest BCUT2D eigenvalue weighted by atomic mass is 32.2. The van der Waals surface area contributed by atoms with E-state index in [-0.39, 0.29) is 5.78 Å². The molecule has 1 aliphatic heterocycles. The highest BCUT2D eigenvalue weighted by molar-refractivity contribution is 8.04. The number of methoxy groups -OCH3 is 1. The summed E-state index contributed by atoms with van der Waals surface area (Å²) in [6.07, 6.45) is 1.81. The molecular formula is C18H14O4S. The summed E-state index contributed by atoms with van der Waals surface area (Å²) in [5.74, 6) is 0.415. The summed E-state index contributed by atoms with van der Waals surface area (Å²) in [6, 6.07) is 12.7. The quantitative estimate of drug-likeness (QED) is 0.486. The minimum Gasteiger partial charge on any atom is -0.493 e. The molecule has 23 heavy (non-hydrogen) atoms. The molecule has 5 heteroatoms. The molecule has 2 aromatic rings. The molecule has 2 aromatic carbocycles. The molecule has 0 saturated heterocycles. The van der Waals surface area contributed by atoms with E-state index in [1.807, 2.05) is 30.3 Å². The summed E-state index contributed by atoms with van der Waals surface area (Å²) in [5.41, 5.74) is 1.54. The first kappa shape index (κ1) is 15.4. The molecule has 0 fully saturated rings. The molecule has 0 radical (unpaired) electrons. The maximum Gasteiger partial charge on any atom is 0.308 e. The van der Waals surface area contributed by atoms with Gasteiger partial charge in [-0.2, -0.15) is 0 Å². The van der Waals surface area contributed by atoms with Crippen LogP contribution in [0.4, 0.5) is 0 Å². The number of rotatable bonds is 3. The topological polar surface area (TPSA) is 52.6 Å². The predicted octanol–water partition coefficient (Wildman–Crippen LogP) is 3.95. The van der Waals surface area contributed by atoms with Crippen molar-refractivity contribution in [2.45, 2.75) is 11.8 Å². The van der Waals surface area contributed by atoms with Gasteiger partial charge in [0.15, 0.2) is 11.5 Å². The number of ketones is 1. The van der Waals surface area contributed by atoms with Crippen LogP contribution in [0.2, 0.25) is 0 Å². The van der Waals surface area contributed by atoms with Crippen LogP contribution in [0.15, 0.2) is 52.3 Å². The van der Waals surface area contributed by atoms with Gasteiger partial charge in [-0.05, 0) is 35.9 Å². The maximum absolute atomic E-state index is 12.4. The van der Waals surface area contributed by atoms with Gasteiger partial charge in [0.05, 0.1) is 12.0 Å². The zero-order valence-electron chi connectivity index (χ0n) is 12.7. The Morgan fingerprint density at radius 2 is 1.91 bits per heavy atom. The lowest BCUT2D eigenvalue weighted by Crippen LogP contribution is -2.03. The fraction of sp³-hybridized carbons (Fsp3) is 0.111. The van der Waals surface area contributed by atoms with Gasteiger partial charge >= 0.3 is 5.97 Å². The minimum absolute atomic E-state index is 0.0219. The molecule has 0 amide bonds. The maximum atomic E-state index is 12.4. The number of thioether (sulfide) groups is 1. The van der Waals surface area contributed by atoms with Crippen molar-refractivity contribution < 1.29 is 19.1 Å². The van der Waals surface area contributed by atoms with Crippen LogP contribution in [-0.2, 0) is 4.79 Å². The Bertz CT molecular complexity index is 824. The molecule has 0 saturated carbocycles. The van der Waals surface area contributed by atoms with Gasteiger partial charge in [-0.25, -0.2) is 0 Å². The number of hydrogen-bond donors (Lipinski definition) is 0. The fourth-order valence-corrected chi connectivity index (χ4v) is 3.35. The molecule has 4 nitrogen and oxygen atoms in total. The first-order valence-electron chi connectivity index (χ1n) is 6.98. The molecular weight excluding hydrogens is 312 g/mol. The zero-order chi connectivity index (χ0) is 16.4. The summed E-state index contributed by atoms with van der Waals surface area (Å²) in [4.78, 5) is 25.1. The Hall–Kier alpha value is -2.53. The second kappa shape index (κ2) is 6.30. The summed E-state index contributed by atoms with van der Waals surface area (Å²) in [6.45, 7) is 1.33. The standard InChI is InChI=1S/C18H14O4S/c1-11(19)22-14-8-7-12(9-15(14)21-2)10-17-18(20)13-5-3-4-6-16(13)23-17/h3-10H,1-2H3/b17-10+. The highest BCUT2D eigenvalue weighted by Crippen LogP contribution is 2.41. The van der Waals surface area contributed by atoms with E-state index in [1.54, 1.807) is 18.2 Å². The minimum atomic E-state index is -0.411. The van der Waals surface area contributed by atoms with E-state index in [0.29, 0.717) is 16.4 Å². The van der Waals surface area contributed by atoms with Gasteiger partial charge in [-0.3, -0.25) is 9.59 Å². The number of carbonyl (C=O) groups is 2. The summed E-state index contributed by atoms with van der Waals surface area (Å²) >= 11 is 1.45. The van der Waals surface area contributed by atoms with Crippen molar-refractivity contribution in [2.24, 2.45) is 0 Å². The first-order valence-corrected chi connectivity index (χ1v) is 7.80. The number of Topliss-reactive ketones (excluding diaryl/α,β-unsaturated/α-hetero) is 1. The largest absolute Gasteiger partial charge is 0.493 e. The normalized spacial score (nSPS) is 14.7. The molecule has 116 valence electrons. The lowest BCUT2D eigenvalue weighted by molar-refractivity contribution is -0.132. The van der Waals surface area contributed by atoms with Crippen LogP contribution in [0.5, 0.6) is 11.5 Å². The zero-order valence-corrected chi connectivity index (χ0v) is 13.5. The van der Waals surface area contributed by atoms with Crippen LogP contribution in [0.3, 0.4) is 0 Å². The van der Waals surface area contributed by atoms with Gasteiger partial charge < -0.3 is 9.47 Å². The van der Waals surface area contributed by atoms with Crippen LogP contribution >= 0.6 is 11.8 Å². The van der Waals surface area contributed by atoms with E-state index in [1.165, 1.54) is 25.8 Å². The smallest absolute Gasteiger partial charge is 0.308 e. The van der Waals surface area contributed by atoms with E-state index >= 15 is 0 Å². The monoisotopic (exact) mass is 326 g/mol. The Labute approximate surface area is 138 Å². The van der Waals surface area contributed by atoms with Crippen LogP contribution in [0, 0.1) is 0 Å². The molecule has 3 rings (SSSR count). The second-order valence-electron chi connectivity index (χ2n) is 4.94. The van der Waals surface area contributed by atoms with Gasteiger partial charge in [-0.1, -0.05) is 30.0 Å². The lowest BCUT2D eigenvalue weighted by atomic mass is 10.1. The molecule has 0 spiro atoms. The van der Waals surface area contributed by atoms with Crippen molar-refractivity contribution in [3.05, 3.63) is 58.5 Å². The second-order valence-corrected chi connectivity index (χ2v) is 6.02. The number of carbonyl (C=O) groups excluding carboxylic acids is 2. The number of benzene rings is 2. The number of hydrogen-bond acceptors (Lipinski definition) is 5. The van der Waals surface area contributed by atoms with E-state index in [4.69, 9.17) is 9.47 Å². The van der Waals surface area contributed by atoms with E-state index in [2.05, 4.69) is 0 Å². The third kappa shape index (κ3) is 3.14. The number of allylic oxidation sites excluding steroid dienone is 1. The van der Waals surface area contributed by atoms with E-state index in [0.717, 1.165) is 16.0 Å². The van der Waals surface area contributed by atoms with Crippen LogP contribution in [-0.4, -0.2) is 18.9 Å². The number of ether oxygens (including phenoxy) is 2. The third-order valence-corrected chi connectivity index (χ3v) is 4.41. The molecule has 0 unspecified atom stereocenters. The van der Waals surface area contributed by atoms with Crippen LogP contribution in [0.25, 0.3) is 6.08 Å². The van der Waals surface area contributed by atoms with Crippen molar-refractivity contribution in [3.63, 3.8) is 0 Å². The van der Waals surface area contributed by atoms with Gasteiger partial charge in [0.25, 0.3) is 0 Å². The average Bonchev–Trinajstić information content (AvgIpc) is 2.85. The molecule has 0 atom stereocenters. The molecule has 0 N–H and O–H groups in total. The molecule has 0 aliphatic carbocycles. The number of esters is 1. The summed E-state index contributed by atoms with van der Waals surface area (Å²) < 4.78 is 10.3. The van der Waals surface area contributed by atoms with Gasteiger partial charge in [-0.15, -0.1) is 0 Å². The van der Waals surface area contributed by atoms with Crippen LogP contribution < -0.4 is 9.47 Å². The van der Waals surface area contributed by atoms with Crippen molar-refractivity contribution >= 4 is 29.6 Å². The average molecular weight is 326 g/mol. The Kier molecular flexibility index (Phi) is 4.21. The highest BCUT2D eigenvalue weighted by Gasteiger charge is 2.25. The SMILES string of the molecule is COc1cc(/C=C2/Sc3ccccc3C2=O)ccc1OC(C)=O. The number of fused-ring (bicyclic) bond motifs is 1. The summed E-state index contributed by atoms with van der Waals surface area (Å²) in [7, 11) is 1.50. The molecule has 0 aromatic heterocycles. The van der Waals surface area contributed by atoms with Crippen LogP contribution in [0.1, 0.15) is 22.8 Å². The van der Waals surface area contributed by atoms with Crippen molar-refractivity contribution in [3.8, 4) is 11.5 Å². The Balaban J connectivity index is 1.92. The molecule has 1 heterocycles. The van der Waals surface area contributed by atoms with E-state index < -0.39 is 5.97 Å². The van der Waals surface area contributed by atoms with Crippen molar-refractivity contribution in [2.75, 3.05) is 7.11 Å². The molecule has 0 bridgehead atoms. The third-order valence-electron chi connectivity index (χ3n) is 3.31. The van der Waals surface area contributed by atoms with Crippen molar-refractivity contribution in [1.29, 1.82) is 0 Å². The predicted molar refractivity (Wildman–Crippen MR) is 88.9 cm³/mol. The van der Waals surface area contributed by atoms with E-state index in [9.17, 15) is 9.59 Å². The van der Waals surface area contributed by atoms with Gasteiger partial charge in [0, 0.05) is 17.4 Å². The fourth-order valence-electron chi connectivity index (χ4n) is 2.30.